The number of rotatable bonds is 3. The molecule has 0 aliphatic rings. The molecule has 0 fully saturated rings. The van der Waals surface area contributed by atoms with E-state index < -0.39 is 5.56 Å². The van der Waals surface area contributed by atoms with Crippen molar-refractivity contribution >= 4 is 28.1 Å². The number of aromatic amines is 1. The van der Waals surface area contributed by atoms with Crippen molar-refractivity contribution in [2.75, 3.05) is 0 Å². The average molecular weight is 382 g/mol. The van der Waals surface area contributed by atoms with Gasteiger partial charge in [0.05, 0.1) is 5.69 Å². The van der Waals surface area contributed by atoms with Gasteiger partial charge >= 0.3 is 0 Å². The summed E-state index contributed by atoms with van der Waals surface area (Å²) < 4.78 is 6.79. The van der Waals surface area contributed by atoms with Gasteiger partial charge in [0.15, 0.2) is 0 Å². The molecule has 0 atom stereocenters. The molecule has 3 aromatic rings. The van der Waals surface area contributed by atoms with Gasteiger partial charge in [0.1, 0.15) is 23.2 Å². The van der Waals surface area contributed by atoms with Crippen LogP contribution in [0, 0.1) is 18.3 Å². The smallest absolute Gasteiger partial charge is 0.282 e. The molecule has 0 unspecified atom stereocenters. The van der Waals surface area contributed by atoms with Gasteiger partial charge in [-0.1, -0.05) is 28.1 Å². The van der Waals surface area contributed by atoms with Crippen LogP contribution in [0.1, 0.15) is 22.6 Å². The first-order valence-electron chi connectivity index (χ1n) is 7.11. The number of benzene rings is 1. The number of aromatic nitrogens is 2. The Morgan fingerprint density at radius 3 is 2.67 bits per heavy atom. The standard InChI is InChI=1S/C18H12BrN3O2/c1-11-15(10-20)18(23)22-21-16(11)8-6-14-7-9-17(24-14)12-2-4-13(19)5-3-12/h2-9H,1H3,(H,22,23)/b8-6+. The van der Waals surface area contributed by atoms with Crippen molar-refractivity contribution in [1.82, 2.24) is 10.2 Å². The molecule has 0 radical (unpaired) electrons. The average Bonchev–Trinajstić information content (AvgIpc) is 3.04. The SMILES string of the molecule is Cc1c(/C=C/c2ccc(-c3ccc(Br)cc3)o2)n[nH]c(=O)c1C#N. The Bertz CT molecular complexity index is 1010. The van der Waals surface area contributed by atoms with Crippen molar-refractivity contribution in [2.24, 2.45) is 0 Å². The second-order valence-electron chi connectivity index (χ2n) is 5.09. The second kappa shape index (κ2) is 6.69. The molecule has 24 heavy (non-hydrogen) atoms. The predicted octanol–water partition coefficient (Wildman–Crippen LogP) is 4.14. The highest BCUT2D eigenvalue weighted by molar-refractivity contribution is 9.10. The zero-order chi connectivity index (χ0) is 17.1. The van der Waals surface area contributed by atoms with Crippen molar-refractivity contribution in [3.63, 3.8) is 0 Å². The summed E-state index contributed by atoms with van der Waals surface area (Å²) in [5.74, 6) is 1.41. The number of furan rings is 1. The lowest BCUT2D eigenvalue weighted by atomic mass is 10.1. The van der Waals surface area contributed by atoms with Crippen LogP contribution >= 0.6 is 15.9 Å². The molecular weight excluding hydrogens is 370 g/mol. The summed E-state index contributed by atoms with van der Waals surface area (Å²) in [4.78, 5) is 11.5. The van der Waals surface area contributed by atoms with Crippen LogP contribution in [-0.4, -0.2) is 10.2 Å². The second-order valence-corrected chi connectivity index (χ2v) is 6.01. The number of nitrogens with zero attached hydrogens (tertiary/aromatic N) is 2. The van der Waals surface area contributed by atoms with Crippen LogP contribution in [0.5, 0.6) is 0 Å². The van der Waals surface area contributed by atoms with Gasteiger partial charge in [0.25, 0.3) is 5.56 Å². The number of nitriles is 1. The summed E-state index contributed by atoms with van der Waals surface area (Å²) in [5, 5.41) is 15.3. The Hall–Kier alpha value is -2.91. The molecule has 3 rings (SSSR count). The number of halogens is 1. The predicted molar refractivity (Wildman–Crippen MR) is 95.1 cm³/mol. The zero-order valence-corrected chi connectivity index (χ0v) is 14.3. The van der Waals surface area contributed by atoms with Crippen LogP contribution < -0.4 is 5.56 Å². The van der Waals surface area contributed by atoms with E-state index in [0.717, 1.165) is 15.8 Å². The Labute approximate surface area is 146 Å². The third-order valence-electron chi connectivity index (χ3n) is 3.54. The molecule has 118 valence electrons. The van der Waals surface area contributed by atoms with Crippen molar-refractivity contribution < 1.29 is 4.42 Å². The summed E-state index contributed by atoms with van der Waals surface area (Å²) in [5.41, 5.74) is 1.62. The highest BCUT2D eigenvalue weighted by Gasteiger charge is 2.08. The molecule has 2 heterocycles. The van der Waals surface area contributed by atoms with Crippen LogP contribution in [0.4, 0.5) is 0 Å². The van der Waals surface area contributed by atoms with E-state index in [4.69, 9.17) is 9.68 Å². The van der Waals surface area contributed by atoms with Crippen molar-refractivity contribution in [1.29, 1.82) is 5.26 Å². The van der Waals surface area contributed by atoms with Crippen LogP contribution in [0.25, 0.3) is 23.5 Å². The molecule has 0 saturated heterocycles. The van der Waals surface area contributed by atoms with Gasteiger partial charge < -0.3 is 4.42 Å². The minimum Gasteiger partial charge on any atom is -0.457 e. The monoisotopic (exact) mass is 381 g/mol. The minimum atomic E-state index is -0.484. The number of hydrogen-bond acceptors (Lipinski definition) is 4. The van der Waals surface area contributed by atoms with Gasteiger partial charge in [-0.05, 0) is 48.9 Å². The Morgan fingerprint density at radius 1 is 1.21 bits per heavy atom. The fourth-order valence-corrected chi connectivity index (χ4v) is 2.48. The Kier molecular flexibility index (Phi) is 4.45. The largest absolute Gasteiger partial charge is 0.457 e. The summed E-state index contributed by atoms with van der Waals surface area (Å²) in [6.07, 6.45) is 3.45. The minimum absolute atomic E-state index is 0.0691. The van der Waals surface area contributed by atoms with E-state index in [1.165, 1.54) is 0 Å². The van der Waals surface area contributed by atoms with Gasteiger partial charge in [0.2, 0.25) is 0 Å². The fraction of sp³-hybridized carbons (Fsp3) is 0.0556. The molecule has 6 heteroatoms. The maximum Gasteiger partial charge on any atom is 0.282 e. The third-order valence-corrected chi connectivity index (χ3v) is 4.07. The zero-order valence-electron chi connectivity index (χ0n) is 12.7. The van der Waals surface area contributed by atoms with Gasteiger partial charge in [-0.3, -0.25) is 4.79 Å². The van der Waals surface area contributed by atoms with Gasteiger partial charge in [-0.2, -0.15) is 10.4 Å². The summed E-state index contributed by atoms with van der Waals surface area (Å²) in [7, 11) is 0. The molecule has 0 aliphatic carbocycles. The van der Waals surface area contributed by atoms with Gasteiger partial charge in [0, 0.05) is 10.0 Å². The molecular formula is C18H12BrN3O2. The van der Waals surface area contributed by atoms with Crippen LogP contribution in [0.2, 0.25) is 0 Å². The van der Waals surface area contributed by atoms with E-state index in [1.54, 1.807) is 19.1 Å². The lowest BCUT2D eigenvalue weighted by Gasteiger charge is -1.99. The Morgan fingerprint density at radius 2 is 1.96 bits per heavy atom. The number of nitrogens with one attached hydrogen (secondary N) is 1. The first kappa shape index (κ1) is 16.0. The van der Waals surface area contributed by atoms with E-state index in [0.29, 0.717) is 17.0 Å². The van der Waals surface area contributed by atoms with Gasteiger partial charge in [-0.25, -0.2) is 5.10 Å². The lowest BCUT2D eigenvalue weighted by Crippen LogP contribution is -2.15. The Balaban J connectivity index is 1.88. The van der Waals surface area contributed by atoms with E-state index in [2.05, 4.69) is 26.1 Å². The summed E-state index contributed by atoms with van der Waals surface area (Å²) in [6, 6.07) is 13.4. The molecule has 0 aliphatic heterocycles. The molecule has 0 spiro atoms. The molecule has 0 bridgehead atoms. The van der Waals surface area contributed by atoms with E-state index >= 15 is 0 Å². The highest BCUT2D eigenvalue weighted by Crippen LogP contribution is 2.24. The quantitative estimate of drug-likeness (QED) is 0.738. The maximum absolute atomic E-state index is 11.5. The van der Waals surface area contributed by atoms with Crippen LogP contribution in [0.15, 0.2) is 50.1 Å². The van der Waals surface area contributed by atoms with Crippen LogP contribution in [-0.2, 0) is 0 Å². The van der Waals surface area contributed by atoms with E-state index in [1.807, 2.05) is 42.5 Å². The first-order chi connectivity index (χ1) is 11.6. The van der Waals surface area contributed by atoms with Crippen molar-refractivity contribution in [2.45, 2.75) is 6.92 Å². The maximum atomic E-state index is 11.5. The van der Waals surface area contributed by atoms with Crippen molar-refractivity contribution in [3.8, 4) is 17.4 Å². The summed E-state index contributed by atoms with van der Waals surface area (Å²) >= 11 is 3.40. The molecule has 2 aromatic heterocycles. The summed E-state index contributed by atoms with van der Waals surface area (Å²) in [6.45, 7) is 1.69. The third kappa shape index (κ3) is 3.21. The lowest BCUT2D eigenvalue weighted by molar-refractivity contribution is 0.572. The van der Waals surface area contributed by atoms with E-state index in [9.17, 15) is 4.79 Å². The molecule has 0 saturated carbocycles. The molecule has 0 amide bonds. The number of H-pyrrole nitrogens is 1. The van der Waals surface area contributed by atoms with Gasteiger partial charge in [-0.15, -0.1) is 0 Å². The first-order valence-corrected chi connectivity index (χ1v) is 7.91. The number of hydrogen-bond donors (Lipinski definition) is 1. The van der Waals surface area contributed by atoms with E-state index in [-0.39, 0.29) is 5.56 Å². The van der Waals surface area contributed by atoms with Crippen molar-refractivity contribution in [3.05, 3.63) is 73.8 Å². The van der Waals surface area contributed by atoms with Crippen LogP contribution in [0.3, 0.4) is 0 Å². The topological polar surface area (TPSA) is 82.7 Å². The highest BCUT2D eigenvalue weighted by atomic mass is 79.9. The fourth-order valence-electron chi connectivity index (χ4n) is 2.22. The molecule has 1 N–H and O–H groups in total. The molecule has 1 aromatic carbocycles. The molecule has 5 nitrogen and oxygen atoms in total. The normalized spacial score (nSPS) is 10.9.